The van der Waals surface area contributed by atoms with E-state index in [9.17, 15) is 5.11 Å². The Balaban J connectivity index is 1.59. The molecule has 1 saturated carbocycles. The summed E-state index contributed by atoms with van der Waals surface area (Å²) < 4.78 is 5.85. The SMILES string of the molecule is OC1CCCCC1NCc1cccc(Oc2ccccc2)c1. The van der Waals surface area contributed by atoms with Gasteiger partial charge in [-0.3, -0.25) is 0 Å². The third-order valence-corrected chi connectivity index (χ3v) is 4.18. The fourth-order valence-corrected chi connectivity index (χ4v) is 2.94. The number of aliphatic hydroxyl groups excluding tert-OH is 1. The van der Waals surface area contributed by atoms with Gasteiger partial charge in [-0.15, -0.1) is 0 Å². The molecule has 0 heterocycles. The minimum absolute atomic E-state index is 0.211. The normalized spacial score (nSPS) is 21.5. The summed E-state index contributed by atoms with van der Waals surface area (Å²) in [7, 11) is 0. The van der Waals surface area contributed by atoms with Crippen LogP contribution in [-0.2, 0) is 6.54 Å². The van der Waals surface area contributed by atoms with Crippen LogP contribution in [0, 0.1) is 0 Å². The van der Waals surface area contributed by atoms with Crippen molar-refractivity contribution in [2.24, 2.45) is 0 Å². The Bertz CT molecular complexity index is 585. The quantitative estimate of drug-likeness (QED) is 0.880. The topological polar surface area (TPSA) is 41.5 Å². The van der Waals surface area contributed by atoms with Crippen molar-refractivity contribution in [2.75, 3.05) is 0 Å². The lowest BCUT2D eigenvalue weighted by atomic mass is 9.92. The van der Waals surface area contributed by atoms with E-state index >= 15 is 0 Å². The van der Waals surface area contributed by atoms with Crippen LogP contribution in [0.2, 0.25) is 0 Å². The molecular formula is C19H23NO2. The molecule has 1 aliphatic carbocycles. The first-order valence-corrected chi connectivity index (χ1v) is 8.04. The monoisotopic (exact) mass is 297 g/mol. The number of hydrogen-bond donors (Lipinski definition) is 2. The van der Waals surface area contributed by atoms with E-state index in [0.717, 1.165) is 37.3 Å². The molecule has 2 unspecified atom stereocenters. The second-order valence-electron chi connectivity index (χ2n) is 5.90. The fraction of sp³-hybridized carbons (Fsp3) is 0.368. The van der Waals surface area contributed by atoms with E-state index in [1.54, 1.807) is 0 Å². The molecule has 0 spiro atoms. The molecule has 0 aromatic heterocycles. The van der Waals surface area contributed by atoms with Crippen LogP contribution in [0.15, 0.2) is 54.6 Å². The van der Waals surface area contributed by atoms with Gasteiger partial charge in [0, 0.05) is 12.6 Å². The number of para-hydroxylation sites is 1. The maximum atomic E-state index is 10.0. The molecule has 1 fully saturated rings. The van der Waals surface area contributed by atoms with Gasteiger partial charge >= 0.3 is 0 Å². The molecule has 0 saturated heterocycles. The minimum atomic E-state index is -0.211. The first kappa shape index (κ1) is 15.1. The van der Waals surface area contributed by atoms with E-state index in [-0.39, 0.29) is 12.1 Å². The highest BCUT2D eigenvalue weighted by Crippen LogP contribution is 2.22. The molecule has 2 N–H and O–H groups in total. The molecule has 0 radical (unpaired) electrons. The van der Waals surface area contributed by atoms with Crippen LogP contribution in [0.3, 0.4) is 0 Å². The molecule has 3 nitrogen and oxygen atoms in total. The molecule has 2 aromatic rings. The van der Waals surface area contributed by atoms with Crippen molar-refractivity contribution in [1.29, 1.82) is 0 Å². The average Bonchev–Trinajstić information content (AvgIpc) is 2.55. The molecule has 0 aliphatic heterocycles. The van der Waals surface area contributed by atoms with Crippen LogP contribution >= 0.6 is 0 Å². The smallest absolute Gasteiger partial charge is 0.127 e. The van der Waals surface area contributed by atoms with Gasteiger partial charge in [-0.25, -0.2) is 0 Å². The number of rotatable bonds is 5. The number of ether oxygens (including phenoxy) is 1. The van der Waals surface area contributed by atoms with Gasteiger partial charge in [0.15, 0.2) is 0 Å². The number of benzene rings is 2. The van der Waals surface area contributed by atoms with Crippen LogP contribution in [0.1, 0.15) is 31.2 Å². The van der Waals surface area contributed by atoms with E-state index in [1.807, 2.05) is 42.5 Å². The first-order valence-electron chi connectivity index (χ1n) is 8.04. The van der Waals surface area contributed by atoms with Gasteiger partial charge in [0.2, 0.25) is 0 Å². The lowest BCUT2D eigenvalue weighted by Crippen LogP contribution is -2.41. The van der Waals surface area contributed by atoms with E-state index in [2.05, 4.69) is 17.4 Å². The zero-order chi connectivity index (χ0) is 15.2. The highest BCUT2D eigenvalue weighted by atomic mass is 16.5. The largest absolute Gasteiger partial charge is 0.457 e. The molecule has 1 aliphatic rings. The molecule has 2 atom stereocenters. The van der Waals surface area contributed by atoms with Crippen LogP contribution in [-0.4, -0.2) is 17.3 Å². The summed E-state index contributed by atoms with van der Waals surface area (Å²) in [5.74, 6) is 1.69. The average molecular weight is 297 g/mol. The highest BCUT2D eigenvalue weighted by molar-refractivity contribution is 5.33. The maximum absolute atomic E-state index is 10.0. The van der Waals surface area contributed by atoms with Gasteiger partial charge in [-0.05, 0) is 42.7 Å². The molecule has 0 bridgehead atoms. The van der Waals surface area contributed by atoms with Gasteiger partial charge < -0.3 is 15.2 Å². The van der Waals surface area contributed by atoms with Gasteiger partial charge in [0.1, 0.15) is 11.5 Å². The number of aliphatic hydroxyl groups is 1. The van der Waals surface area contributed by atoms with Gasteiger partial charge in [-0.1, -0.05) is 43.2 Å². The number of nitrogens with one attached hydrogen (secondary N) is 1. The van der Waals surface area contributed by atoms with Crippen LogP contribution in [0.4, 0.5) is 0 Å². The molecule has 116 valence electrons. The second-order valence-corrected chi connectivity index (χ2v) is 5.90. The molecular weight excluding hydrogens is 274 g/mol. The van der Waals surface area contributed by atoms with Gasteiger partial charge in [0.05, 0.1) is 6.10 Å². The molecule has 2 aromatic carbocycles. The maximum Gasteiger partial charge on any atom is 0.127 e. The minimum Gasteiger partial charge on any atom is -0.457 e. The lowest BCUT2D eigenvalue weighted by Gasteiger charge is -2.28. The van der Waals surface area contributed by atoms with Crippen molar-refractivity contribution in [1.82, 2.24) is 5.32 Å². The zero-order valence-corrected chi connectivity index (χ0v) is 12.7. The second kappa shape index (κ2) is 7.43. The van der Waals surface area contributed by atoms with Crippen LogP contribution < -0.4 is 10.1 Å². The van der Waals surface area contributed by atoms with Crippen molar-refractivity contribution in [2.45, 2.75) is 44.4 Å². The Labute approximate surface area is 131 Å². The van der Waals surface area contributed by atoms with Crippen molar-refractivity contribution < 1.29 is 9.84 Å². The van der Waals surface area contributed by atoms with Crippen molar-refractivity contribution >= 4 is 0 Å². The summed E-state index contributed by atoms with van der Waals surface area (Å²) in [6.45, 7) is 0.758. The Hall–Kier alpha value is -1.84. The van der Waals surface area contributed by atoms with Crippen LogP contribution in [0.5, 0.6) is 11.5 Å². The molecule has 22 heavy (non-hydrogen) atoms. The Morgan fingerprint density at radius 3 is 2.55 bits per heavy atom. The van der Waals surface area contributed by atoms with Gasteiger partial charge in [-0.2, -0.15) is 0 Å². The Kier molecular flexibility index (Phi) is 5.09. The predicted molar refractivity (Wildman–Crippen MR) is 88.1 cm³/mol. The fourth-order valence-electron chi connectivity index (χ4n) is 2.94. The molecule has 0 amide bonds. The van der Waals surface area contributed by atoms with Crippen molar-refractivity contribution in [3.8, 4) is 11.5 Å². The van der Waals surface area contributed by atoms with E-state index < -0.39 is 0 Å². The molecule has 3 heteroatoms. The predicted octanol–water partition coefficient (Wildman–Crippen LogP) is 3.87. The summed E-state index contributed by atoms with van der Waals surface area (Å²) in [5.41, 5.74) is 1.17. The van der Waals surface area contributed by atoms with Crippen molar-refractivity contribution in [3.63, 3.8) is 0 Å². The summed E-state index contributed by atoms with van der Waals surface area (Å²) in [4.78, 5) is 0. The van der Waals surface area contributed by atoms with Crippen molar-refractivity contribution in [3.05, 3.63) is 60.2 Å². The van der Waals surface area contributed by atoms with Gasteiger partial charge in [0.25, 0.3) is 0 Å². The number of hydrogen-bond acceptors (Lipinski definition) is 3. The Morgan fingerprint density at radius 1 is 0.955 bits per heavy atom. The summed E-state index contributed by atoms with van der Waals surface area (Å²) >= 11 is 0. The highest BCUT2D eigenvalue weighted by Gasteiger charge is 2.22. The van der Waals surface area contributed by atoms with Crippen LogP contribution in [0.25, 0.3) is 0 Å². The lowest BCUT2D eigenvalue weighted by molar-refractivity contribution is 0.0902. The molecule has 3 rings (SSSR count). The van der Waals surface area contributed by atoms with E-state index in [4.69, 9.17) is 4.74 Å². The zero-order valence-electron chi connectivity index (χ0n) is 12.7. The summed E-state index contributed by atoms with van der Waals surface area (Å²) in [6.07, 6.45) is 4.10. The third-order valence-electron chi connectivity index (χ3n) is 4.18. The third kappa shape index (κ3) is 4.09. The summed E-state index contributed by atoms with van der Waals surface area (Å²) in [6, 6.07) is 18.1. The Morgan fingerprint density at radius 2 is 1.73 bits per heavy atom. The van der Waals surface area contributed by atoms with E-state index in [0.29, 0.717) is 0 Å². The van der Waals surface area contributed by atoms with E-state index in [1.165, 1.54) is 12.0 Å². The summed E-state index contributed by atoms with van der Waals surface area (Å²) in [5, 5.41) is 13.5. The first-order chi connectivity index (χ1) is 10.8. The standard InChI is InChI=1S/C19H23NO2/c21-19-12-5-4-11-18(19)20-14-15-7-6-10-17(13-15)22-16-8-2-1-3-9-16/h1-3,6-10,13,18-21H,4-5,11-12,14H2.